The van der Waals surface area contributed by atoms with Crippen molar-refractivity contribution in [3.8, 4) is 0 Å². The van der Waals surface area contributed by atoms with Gasteiger partial charge in [-0.15, -0.1) is 0 Å². The molecule has 6 radical (unpaired) electrons. The van der Waals surface area contributed by atoms with Gasteiger partial charge in [-0.2, -0.15) is 0 Å². The molecule has 0 saturated heterocycles. The van der Waals surface area contributed by atoms with E-state index in [1.54, 1.807) is 0 Å². The molecule has 0 rings (SSSR count). The summed E-state index contributed by atoms with van der Waals surface area (Å²) in [6.45, 7) is 0. The molecule has 0 N–H and O–H groups in total. The van der Waals surface area contributed by atoms with Crippen molar-refractivity contribution in [1.82, 2.24) is 0 Å². The fourth-order valence-corrected chi connectivity index (χ4v) is 0. The maximum Gasteiger partial charge on any atom is 0 e. The largest absolute Gasteiger partial charge is 0 e. The van der Waals surface area contributed by atoms with Crippen molar-refractivity contribution < 1.29 is 19.5 Å². The van der Waals surface area contributed by atoms with Crippen LogP contribution in [-0.4, -0.2) is 82.9 Å². The third-order valence-corrected chi connectivity index (χ3v) is 0. The molecule has 0 spiro atoms. The summed E-state index contributed by atoms with van der Waals surface area (Å²) >= 11 is 0. The summed E-state index contributed by atoms with van der Waals surface area (Å²) in [4.78, 5) is 0. The molecule has 0 bridgehead atoms. The van der Waals surface area contributed by atoms with Gasteiger partial charge in [0, 0.05) is 102 Å². The standard InChI is InChI=1S/B.K.Mg.Zn. The van der Waals surface area contributed by atoms with Crippen LogP contribution in [0.15, 0.2) is 0 Å². The molecule has 8 valence electrons. The third-order valence-electron chi connectivity index (χ3n) is 0. The van der Waals surface area contributed by atoms with Crippen molar-refractivity contribution in [1.29, 1.82) is 0 Å². The Morgan fingerprint density at radius 3 is 1.00 bits per heavy atom. The number of hydrogen-bond donors (Lipinski definition) is 0. The van der Waals surface area contributed by atoms with Crippen molar-refractivity contribution in [2.75, 3.05) is 0 Å². The first kappa shape index (κ1) is 27.5. The summed E-state index contributed by atoms with van der Waals surface area (Å²) < 4.78 is 0. The molecule has 0 unspecified atom stereocenters. The molecule has 0 aliphatic heterocycles. The van der Waals surface area contributed by atoms with Crippen LogP contribution >= 0.6 is 0 Å². The summed E-state index contributed by atoms with van der Waals surface area (Å²) in [6.07, 6.45) is 0. The Balaban J connectivity index is 0. The summed E-state index contributed by atoms with van der Waals surface area (Å²) in [5.74, 6) is 0. The second kappa shape index (κ2) is 16.5. The molecule has 0 heterocycles. The minimum Gasteiger partial charge on any atom is 0 e. The molecule has 0 aromatic carbocycles. The van der Waals surface area contributed by atoms with Gasteiger partial charge in [0.15, 0.2) is 0 Å². The molecule has 0 saturated carbocycles. The smallest absolute Gasteiger partial charge is 0 e. The zero-order chi connectivity index (χ0) is 0. The van der Waals surface area contributed by atoms with Crippen LogP contribution in [0, 0.1) is 0 Å². The van der Waals surface area contributed by atoms with Crippen molar-refractivity contribution in [2.24, 2.45) is 0 Å². The fraction of sp³-hybridized carbons (Fsp3) is 0. The van der Waals surface area contributed by atoms with E-state index in [9.17, 15) is 0 Å². The summed E-state index contributed by atoms with van der Waals surface area (Å²) in [5.41, 5.74) is 0. The molecule has 0 nitrogen and oxygen atoms in total. The van der Waals surface area contributed by atoms with Gasteiger partial charge in [0.25, 0.3) is 0 Å². The minimum atomic E-state index is 0. The van der Waals surface area contributed by atoms with E-state index in [2.05, 4.69) is 0 Å². The van der Waals surface area contributed by atoms with Crippen LogP contribution in [0.2, 0.25) is 0 Å². The van der Waals surface area contributed by atoms with Crippen LogP contribution in [0.3, 0.4) is 0 Å². The molecule has 0 aliphatic carbocycles. The van der Waals surface area contributed by atoms with Crippen LogP contribution in [0.4, 0.5) is 0 Å². The Kier molecular flexibility index (Phi) is 114. The Morgan fingerprint density at radius 1 is 1.00 bits per heavy atom. The van der Waals surface area contributed by atoms with E-state index in [0.29, 0.717) is 0 Å². The summed E-state index contributed by atoms with van der Waals surface area (Å²) in [5, 5.41) is 0. The zero-order valence-corrected chi connectivity index (χ0v) is 10.5. The normalized spacial score (nSPS) is 0. The average molecular weight is 140 g/mol. The van der Waals surface area contributed by atoms with Gasteiger partial charge in [-0.05, 0) is 0 Å². The van der Waals surface area contributed by atoms with Crippen molar-refractivity contribution in [2.45, 2.75) is 0 Å². The zero-order valence-electron chi connectivity index (χ0n) is 2.99. The van der Waals surface area contributed by atoms with Crippen molar-refractivity contribution in [3.05, 3.63) is 0 Å². The maximum atomic E-state index is 0. The van der Waals surface area contributed by atoms with Crippen LogP contribution in [0.5, 0.6) is 0 Å². The second-order valence-corrected chi connectivity index (χ2v) is 0. The van der Waals surface area contributed by atoms with Crippen LogP contribution in [0.1, 0.15) is 0 Å². The molecule has 0 atom stereocenters. The SMILES string of the molecule is [B].[K].[Mg].[Zn]. The van der Waals surface area contributed by atoms with Crippen molar-refractivity contribution in [3.63, 3.8) is 0 Å². The number of hydrogen-bond acceptors (Lipinski definition) is 0. The number of rotatable bonds is 0. The third kappa shape index (κ3) is 8.92. The van der Waals surface area contributed by atoms with Gasteiger partial charge < -0.3 is 0 Å². The molecule has 0 aromatic rings. The van der Waals surface area contributed by atoms with Gasteiger partial charge in [-0.25, -0.2) is 0 Å². The molecular weight excluding hydrogens is 140 g/mol. The molecule has 0 amide bonds. The topological polar surface area (TPSA) is 0 Å². The minimum absolute atomic E-state index is 0. The Morgan fingerprint density at radius 2 is 1.00 bits per heavy atom. The first-order valence-corrected chi connectivity index (χ1v) is 0. The molecule has 4 heavy (non-hydrogen) atoms. The molecule has 0 aromatic heterocycles. The van der Waals surface area contributed by atoms with E-state index in [0.717, 1.165) is 0 Å². The van der Waals surface area contributed by atoms with Gasteiger partial charge in [-0.1, -0.05) is 0 Å². The van der Waals surface area contributed by atoms with E-state index in [-0.39, 0.29) is 102 Å². The summed E-state index contributed by atoms with van der Waals surface area (Å²) in [7, 11) is 0. The Bertz CT molecular complexity index is 8.00. The first-order chi connectivity index (χ1) is 0. The Labute approximate surface area is 99.8 Å². The predicted molar refractivity (Wildman–Crippen MR) is 17.3 cm³/mol. The molecular formula is BKMgZn. The van der Waals surface area contributed by atoms with Gasteiger partial charge in [0.05, 0.1) is 0 Å². The fourth-order valence-electron chi connectivity index (χ4n) is 0. The van der Waals surface area contributed by atoms with Crippen LogP contribution in [0.25, 0.3) is 0 Å². The monoisotopic (exact) mass is 138 g/mol. The maximum absolute atomic E-state index is 0. The van der Waals surface area contributed by atoms with Crippen molar-refractivity contribution >= 4 is 82.9 Å². The van der Waals surface area contributed by atoms with Crippen LogP contribution in [-0.2, 0) is 19.5 Å². The van der Waals surface area contributed by atoms with Gasteiger partial charge in [0.1, 0.15) is 0 Å². The van der Waals surface area contributed by atoms with Crippen LogP contribution < -0.4 is 0 Å². The molecule has 0 fully saturated rings. The average Bonchev–Trinajstić information content (AvgIpc) is 0. The van der Waals surface area contributed by atoms with E-state index >= 15 is 0 Å². The van der Waals surface area contributed by atoms with E-state index in [1.807, 2.05) is 0 Å². The Hall–Kier alpha value is 3.09. The molecule has 0 aliphatic rings. The first-order valence-electron chi connectivity index (χ1n) is 0. The quantitative estimate of drug-likeness (QED) is 0.372. The van der Waals surface area contributed by atoms with E-state index in [1.165, 1.54) is 0 Å². The second-order valence-electron chi connectivity index (χ2n) is 0. The van der Waals surface area contributed by atoms with E-state index < -0.39 is 0 Å². The van der Waals surface area contributed by atoms with Gasteiger partial charge in [0.2, 0.25) is 0 Å². The van der Waals surface area contributed by atoms with E-state index in [4.69, 9.17) is 0 Å². The van der Waals surface area contributed by atoms with Gasteiger partial charge >= 0.3 is 0 Å². The predicted octanol–water partition coefficient (Wildman–Crippen LogP) is -1.14. The van der Waals surface area contributed by atoms with Gasteiger partial charge in [-0.3, -0.25) is 0 Å². The summed E-state index contributed by atoms with van der Waals surface area (Å²) in [6, 6.07) is 0. The molecule has 4 heteroatoms.